The summed E-state index contributed by atoms with van der Waals surface area (Å²) >= 11 is 0. The fourth-order valence-corrected chi connectivity index (χ4v) is 11.1. The molecule has 6 nitrogen and oxygen atoms in total. The smallest absolute Gasteiger partial charge is 0.135 e. The monoisotopic (exact) mass is 1210 g/mol. The van der Waals surface area contributed by atoms with Crippen molar-refractivity contribution < 1.29 is 30.2 Å². The Kier molecular flexibility index (Phi) is 12.8. The van der Waals surface area contributed by atoms with Gasteiger partial charge in [-0.2, -0.15) is 12.1 Å². The molecule has 3 aromatic heterocycles. The third-order valence-corrected chi connectivity index (χ3v) is 15.4. The molecule has 1 aliphatic heterocycles. The molecule has 0 bridgehead atoms. The minimum absolute atomic E-state index is 0. The van der Waals surface area contributed by atoms with Crippen LogP contribution in [0.15, 0.2) is 205 Å². The second kappa shape index (κ2) is 19.6. The number of fused-ring (bicyclic) bond motifs is 7. The van der Waals surface area contributed by atoms with Gasteiger partial charge in [0.1, 0.15) is 17.0 Å². The van der Waals surface area contributed by atoms with Gasteiger partial charge in [0.25, 0.3) is 0 Å². The Morgan fingerprint density at radius 3 is 1.85 bits per heavy atom. The zero-order chi connectivity index (χ0) is 53.7. The molecule has 394 valence electrons. The van der Waals surface area contributed by atoms with Gasteiger partial charge >= 0.3 is 0 Å². The maximum atomic E-state index is 6.81. The van der Waals surface area contributed by atoms with E-state index < -0.39 is 0 Å². The van der Waals surface area contributed by atoms with E-state index >= 15 is 0 Å². The minimum Gasteiger partial charge on any atom is -0.509 e. The van der Waals surface area contributed by atoms with E-state index in [1.807, 2.05) is 30.3 Å². The second-order valence-corrected chi connectivity index (χ2v) is 23.9. The Bertz CT molecular complexity index is 4270. The fraction of sp³-hybridized carbons (Fsp3) is 0.167. The molecule has 79 heavy (non-hydrogen) atoms. The molecule has 12 aromatic rings. The number of pyridine rings is 1. The third-order valence-electron chi connectivity index (χ3n) is 15.4. The number of rotatable bonds is 8. The van der Waals surface area contributed by atoms with E-state index in [1.165, 1.54) is 16.7 Å². The van der Waals surface area contributed by atoms with Crippen LogP contribution in [0.25, 0.3) is 82.9 Å². The molecule has 0 spiro atoms. The molecule has 4 heterocycles. The van der Waals surface area contributed by atoms with Crippen LogP contribution in [-0.4, -0.2) is 9.55 Å². The van der Waals surface area contributed by atoms with Gasteiger partial charge in [-0.1, -0.05) is 171 Å². The zero-order valence-corrected chi connectivity index (χ0v) is 48.3. The first-order chi connectivity index (χ1) is 37.5. The van der Waals surface area contributed by atoms with Gasteiger partial charge in [-0.25, -0.2) is 4.98 Å². The van der Waals surface area contributed by atoms with Gasteiger partial charge in [0, 0.05) is 77.7 Å². The van der Waals surface area contributed by atoms with Crippen molar-refractivity contribution in [3.63, 3.8) is 0 Å². The first kappa shape index (κ1) is 51.6. The summed E-state index contributed by atoms with van der Waals surface area (Å²) in [6.07, 6.45) is 2.05. The number of para-hydroxylation sites is 3. The maximum Gasteiger partial charge on any atom is 0.135 e. The summed E-state index contributed by atoms with van der Waals surface area (Å²) in [4.78, 5) is 9.85. The molecular formula is C72H61N4O2Pt-3. The standard InChI is InChI=1S/C72H61N4O2.Pt/c1-70(2,3)51-38-52(71(4,5)6)40-54(39-51)75-45-74(64-26-14-15-27-65(64)75)53-23-18-24-55(41-53)77-56-31-32-57-59-36-48(46-19-11-10-12-20-46)29-33-63(59)76(66(57)42-56)69-43-62(72(7,8)9)61(44-73-69)50-22-17-21-47(35-50)49-30-34-68-60(37-49)58-25-13-16-28-67(58)78-68;/h10-40,43-45H,1-9H3;/q-3;. The van der Waals surface area contributed by atoms with Crippen molar-refractivity contribution in [2.24, 2.45) is 0 Å². The number of nitrogens with zero attached hydrogens (tertiary/aromatic N) is 4. The van der Waals surface area contributed by atoms with Crippen molar-refractivity contribution in [2.75, 3.05) is 9.80 Å². The van der Waals surface area contributed by atoms with Crippen LogP contribution in [0.2, 0.25) is 0 Å². The number of aromatic nitrogens is 2. The largest absolute Gasteiger partial charge is 0.509 e. The van der Waals surface area contributed by atoms with Crippen molar-refractivity contribution >= 4 is 66.5 Å². The van der Waals surface area contributed by atoms with E-state index in [0.717, 1.165) is 106 Å². The molecular weight excluding hydrogens is 1150 g/mol. The molecule has 0 aliphatic carbocycles. The Morgan fingerprint density at radius 2 is 1.09 bits per heavy atom. The van der Waals surface area contributed by atoms with Crippen LogP contribution < -0.4 is 14.5 Å². The van der Waals surface area contributed by atoms with Crippen LogP contribution in [0.4, 0.5) is 22.7 Å². The summed E-state index contributed by atoms with van der Waals surface area (Å²) in [7, 11) is 0. The van der Waals surface area contributed by atoms with Crippen LogP contribution in [-0.2, 0) is 37.3 Å². The van der Waals surface area contributed by atoms with Gasteiger partial charge in [0.05, 0.1) is 0 Å². The summed E-state index contributed by atoms with van der Waals surface area (Å²) in [6, 6.07) is 76.4. The first-order valence-electron chi connectivity index (χ1n) is 27.0. The summed E-state index contributed by atoms with van der Waals surface area (Å²) in [6.45, 7) is 22.7. The van der Waals surface area contributed by atoms with Gasteiger partial charge in [-0.15, -0.1) is 48.1 Å². The SMILES string of the molecule is CC(C)(C)c1cc(N2[CH-]N(c3[c-]c(Oc4[c-]c5c(cc4)c4cc(-c6ccccc6)ccc4n5-c4cc(C(C)(C)C)c(-c5cccc(-c6ccc7oc8ccccc8c7c6)c5)cn4)ccc3)c3ccccc32)cc(C(C)(C)C)c1.[Pt]. The number of benzene rings is 9. The number of hydrogen-bond acceptors (Lipinski definition) is 5. The van der Waals surface area contributed by atoms with Gasteiger partial charge in [0.15, 0.2) is 0 Å². The molecule has 0 atom stereocenters. The Labute approximate surface area is 478 Å². The normalized spacial score (nSPS) is 12.9. The quantitative estimate of drug-likeness (QED) is 0.142. The fourth-order valence-electron chi connectivity index (χ4n) is 11.1. The summed E-state index contributed by atoms with van der Waals surface area (Å²) in [5, 5.41) is 4.39. The van der Waals surface area contributed by atoms with Crippen LogP contribution in [0.1, 0.15) is 79.0 Å². The van der Waals surface area contributed by atoms with Crippen molar-refractivity contribution in [1.82, 2.24) is 9.55 Å². The number of anilines is 4. The number of furan rings is 1. The van der Waals surface area contributed by atoms with E-state index in [0.29, 0.717) is 11.5 Å². The van der Waals surface area contributed by atoms with Gasteiger partial charge in [0.2, 0.25) is 0 Å². The molecule has 9 aromatic carbocycles. The second-order valence-electron chi connectivity index (χ2n) is 23.9. The predicted octanol–water partition coefficient (Wildman–Crippen LogP) is 19.8. The van der Waals surface area contributed by atoms with Crippen molar-refractivity contribution in [1.29, 1.82) is 0 Å². The topological polar surface area (TPSA) is 46.7 Å². The van der Waals surface area contributed by atoms with E-state index in [2.05, 4.69) is 265 Å². The van der Waals surface area contributed by atoms with Crippen molar-refractivity contribution in [2.45, 2.75) is 78.6 Å². The molecule has 13 rings (SSSR count). The molecule has 0 fully saturated rings. The molecule has 0 saturated heterocycles. The molecule has 0 saturated carbocycles. The zero-order valence-electron chi connectivity index (χ0n) is 46.1. The van der Waals surface area contributed by atoms with Crippen LogP contribution >= 0.6 is 0 Å². The van der Waals surface area contributed by atoms with Gasteiger partial charge in [-0.3, -0.25) is 0 Å². The van der Waals surface area contributed by atoms with Gasteiger partial charge in [-0.05, 0) is 127 Å². The number of ether oxygens (including phenoxy) is 1. The maximum absolute atomic E-state index is 6.81. The first-order valence-corrected chi connectivity index (χ1v) is 27.0. The Balaban J connectivity index is 0.00000623. The third kappa shape index (κ3) is 9.50. The molecule has 0 amide bonds. The summed E-state index contributed by atoms with van der Waals surface area (Å²) in [5.41, 5.74) is 18.1. The van der Waals surface area contributed by atoms with Crippen molar-refractivity contribution in [3.05, 3.63) is 236 Å². The van der Waals surface area contributed by atoms with Crippen molar-refractivity contribution in [3.8, 4) is 50.7 Å². The predicted molar refractivity (Wildman–Crippen MR) is 324 cm³/mol. The molecule has 1 aliphatic rings. The van der Waals surface area contributed by atoms with Crippen LogP contribution in [0.5, 0.6) is 11.5 Å². The Hall–Kier alpha value is -8.18. The average molecular weight is 1210 g/mol. The van der Waals surface area contributed by atoms with E-state index in [-0.39, 0.29) is 37.3 Å². The average Bonchev–Trinajstić information content (AvgIpc) is 4.23. The van der Waals surface area contributed by atoms with Gasteiger partial charge < -0.3 is 23.5 Å². The molecule has 0 radical (unpaired) electrons. The number of hydrogen-bond donors (Lipinski definition) is 0. The van der Waals surface area contributed by atoms with E-state index in [9.17, 15) is 0 Å². The summed E-state index contributed by atoms with van der Waals surface area (Å²) < 4.78 is 15.2. The molecule has 0 unspecified atom stereocenters. The van der Waals surface area contributed by atoms with E-state index in [1.54, 1.807) is 0 Å². The van der Waals surface area contributed by atoms with Crippen LogP contribution in [0.3, 0.4) is 0 Å². The van der Waals surface area contributed by atoms with E-state index in [4.69, 9.17) is 14.1 Å². The Morgan fingerprint density at radius 1 is 0.468 bits per heavy atom. The minimum atomic E-state index is -0.230. The molecule has 0 N–H and O–H groups in total. The summed E-state index contributed by atoms with van der Waals surface area (Å²) in [5.74, 6) is 1.97. The van der Waals surface area contributed by atoms with Crippen LogP contribution in [0, 0.1) is 18.8 Å². The molecule has 7 heteroatoms.